The first-order valence-electron chi connectivity index (χ1n) is 6.01. The van der Waals surface area contributed by atoms with Crippen LogP contribution in [0.3, 0.4) is 0 Å². The van der Waals surface area contributed by atoms with Gasteiger partial charge in [0.25, 0.3) is 0 Å². The third-order valence-corrected chi connectivity index (χ3v) is 3.77. The minimum atomic E-state index is 0.106. The van der Waals surface area contributed by atoms with Gasteiger partial charge in [-0.2, -0.15) is 0 Å². The number of carbonyl (C=O) groups excluding carboxylic acids is 1. The molecule has 0 radical (unpaired) electrons. The lowest BCUT2D eigenvalue weighted by Gasteiger charge is -2.34. The van der Waals surface area contributed by atoms with E-state index in [4.69, 9.17) is 0 Å². The van der Waals surface area contributed by atoms with E-state index in [1.807, 2.05) is 0 Å². The van der Waals surface area contributed by atoms with Crippen molar-refractivity contribution in [1.82, 2.24) is 0 Å². The molecule has 1 aromatic rings. The van der Waals surface area contributed by atoms with Crippen LogP contribution in [-0.2, 0) is 10.2 Å². The molecule has 0 aliphatic carbocycles. The fraction of sp³-hybridized carbons (Fsp3) is 0.533. The van der Waals surface area contributed by atoms with Gasteiger partial charge < -0.3 is 4.79 Å². The summed E-state index contributed by atoms with van der Waals surface area (Å²) in [5.74, 6) is 0.537. The molecule has 0 aliphatic heterocycles. The lowest BCUT2D eigenvalue weighted by atomic mass is 9.70. The van der Waals surface area contributed by atoms with E-state index in [2.05, 4.69) is 52.0 Å². The minimum absolute atomic E-state index is 0.106. The van der Waals surface area contributed by atoms with Gasteiger partial charge in [0.15, 0.2) is 0 Å². The van der Waals surface area contributed by atoms with E-state index in [0.29, 0.717) is 12.3 Å². The van der Waals surface area contributed by atoms with E-state index < -0.39 is 0 Å². The van der Waals surface area contributed by atoms with Crippen LogP contribution in [0.1, 0.15) is 44.7 Å². The van der Waals surface area contributed by atoms with Crippen molar-refractivity contribution in [1.29, 1.82) is 0 Å². The van der Waals surface area contributed by atoms with E-state index in [1.54, 1.807) is 0 Å². The molecule has 1 atom stereocenters. The van der Waals surface area contributed by atoms with Crippen LogP contribution in [-0.4, -0.2) is 6.29 Å². The van der Waals surface area contributed by atoms with Crippen molar-refractivity contribution in [2.75, 3.05) is 0 Å². The summed E-state index contributed by atoms with van der Waals surface area (Å²) >= 11 is 0. The lowest BCUT2D eigenvalue weighted by molar-refractivity contribution is -0.108. The van der Waals surface area contributed by atoms with Crippen molar-refractivity contribution >= 4 is 6.29 Å². The fourth-order valence-electron chi connectivity index (χ4n) is 2.06. The second-order valence-electron chi connectivity index (χ2n) is 5.14. The van der Waals surface area contributed by atoms with Gasteiger partial charge in [-0.05, 0) is 30.2 Å². The van der Waals surface area contributed by atoms with Crippen molar-refractivity contribution in [2.45, 2.75) is 46.0 Å². The molecule has 16 heavy (non-hydrogen) atoms. The molecule has 0 bridgehead atoms. The molecule has 0 fully saturated rings. The topological polar surface area (TPSA) is 17.1 Å². The van der Waals surface area contributed by atoms with Gasteiger partial charge in [-0.25, -0.2) is 0 Å². The molecule has 0 amide bonds. The molecule has 0 aromatic heterocycles. The highest BCUT2D eigenvalue weighted by Gasteiger charge is 2.29. The van der Waals surface area contributed by atoms with Crippen LogP contribution in [0.2, 0.25) is 0 Å². The molecule has 88 valence electrons. The quantitative estimate of drug-likeness (QED) is 0.685. The molecule has 1 nitrogen and oxygen atoms in total. The van der Waals surface area contributed by atoms with Crippen LogP contribution >= 0.6 is 0 Å². The first kappa shape index (κ1) is 13.0. The Morgan fingerprint density at radius 3 is 2.25 bits per heavy atom. The maximum absolute atomic E-state index is 10.6. The SMILES string of the molecule is Cc1ccc(C(C)(CCC=O)C(C)C)cc1. The number of rotatable bonds is 5. The molecule has 1 rings (SSSR count). The van der Waals surface area contributed by atoms with Crippen LogP contribution < -0.4 is 0 Å². The molecule has 0 aliphatic rings. The Morgan fingerprint density at radius 2 is 1.81 bits per heavy atom. The Morgan fingerprint density at radius 1 is 1.25 bits per heavy atom. The van der Waals surface area contributed by atoms with Crippen molar-refractivity contribution in [3.63, 3.8) is 0 Å². The standard InChI is InChI=1S/C15H22O/c1-12(2)15(4,10-5-11-16)14-8-6-13(3)7-9-14/h6-9,11-12H,5,10H2,1-4H3. The van der Waals surface area contributed by atoms with E-state index in [1.165, 1.54) is 11.1 Å². The summed E-state index contributed by atoms with van der Waals surface area (Å²) in [6.07, 6.45) is 2.59. The predicted octanol–water partition coefficient (Wildman–Crippen LogP) is 3.89. The first-order chi connectivity index (χ1) is 7.50. The smallest absolute Gasteiger partial charge is 0.120 e. The van der Waals surface area contributed by atoms with Gasteiger partial charge in [0.2, 0.25) is 0 Å². The number of benzene rings is 1. The molecule has 0 heterocycles. The second kappa shape index (κ2) is 5.29. The summed E-state index contributed by atoms with van der Waals surface area (Å²) in [7, 11) is 0. The number of aldehydes is 1. The first-order valence-corrected chi connectivity index (χ1v) is 6.01. The Bertz CT molecular complexity index is 337. The third kappa shape index (κ3) is 2.72. The molecule has 1 unspecified atom stereocenters. The molecule has 0 N–H and O–H groups in total. The largest absolute Gasteiger partial charge is 0.303 e. The van der Waals surface area contributed by atoms with Crippen molar-refractivity contribution in [2.24, 2.45) is 5.92 Å². The highest BCUT2D eigenvalue weighted by molar-refractivity contribution is 5.49. The van der Waals surface area contributed by atoms with Crippen molar-refractivity contribution < 1.29 is 4.79 Å². The zero-order chi connectivity index (χ0) is 12.2. The Labute approximate surface area is 98.9 Å². The molecular formula is C15H22O. The van der Waals surface area contributed by atoms with E-state index in [9.17, 15) is 4.79 Å². The number of hydrogen-bond donors (Lipinski definition) is 0. The van der Waals surface area contributed by atoms with Gasteiger partial charge in [0.05, 0.1) is 0 Å². The molecule has 1 heteroatoms. The molecule has 0 saturated heterocycles. The van der Waals surface area contributed by atoms with Crippen LogP contribution in [0.25, 0.3) is 0 Å². The summed E-state index contributed by atoms with van der Waals surface area (Å²) in [4.78, 5) is 10.6. The summed E-state index contributed by atoms with van der Waals surface area (Å²) in [6, 6.07) is 8.69. The van der Waals surface area contributed by atoms with Crippen LogP contribution in [0, 0.1) is 12.8 Å². The van der Waals surface area contributed by atoms with Gasteiger partial charge in [0.1, 0.15) is 6.29 Å². The van der Waals surface area contributed by atoms with E-state index in [0.717, 1.165) is 12.7 Å². The highest BCUT2D eigenvalue weighted by atomic mass is 16.1. The highest BCUT2D eigenvalue weighted by Crippen LogP contribution is 2.36. The lowest BCUT2D eigenvalue weighted by Crippen LogP contribution is -2.28. The van der Waals surface area contributed by atoms with Crippen LogP contribution in [0.4, 0.5) is 0 Å². The van der Waals surface area contributed by atoms with Crippen molar-refractivity contribution in [3.05, 3.63) is 35.4 Å². The third-order valence-electron chi connectivity index (χ3n) is 3.77. The number of carbonyl (C=O) groups is 1. The molecular weight excluding hydrogens is 196 g/mol. The Balaban J connectivity index is 3.00. The number of hydrogen-bond acceptors (Lipinski definition) is 1. The van der Waals surface area contributed by atoms with Crippen LogP contribution in [0.15, 0.2) is 24.3 Å². The average Bonchev–Trinajstić information content (AvgIpc) is 2.26. The summed E-state index contributed by atoms with van der Waals surface area (Å²) < 4.78 is 0. The van der Waals surface area contributed by atoms with Crippen molar-refractivity contribution in [3.8, 4) is 0 Å². The van der Waals surface area contributed by atoms with Gasteiger partial charge in [-0.3, -0.25) is 0 Å². The van der Waals surface area contributed by atoms with Gasteiger partial charge in [-0.1, -0.05) is 50.6 Å². The normalized spacial score (nSPS) is 14.8. The zero-order valence-corrected chi connectivity index (χ0v) is 10.8. The van der Waals surface area contributed by atoms with Gasteiger partial charge in [0, 0.05) is 6.42 Å². The summed E-state index contributed by atoms with van der Waals surface area (Å²) in [5, 5.41) is 0. The second-order valence-corrected chi connectivity index (χ2v) is 5.14. The number of aryl methyl sites for hydroxylation is 1. The molecule has 0 spiro atoms. The zero-order valence-electron chi connectivity index (χ0n) is 10.8. The Hall–Kier alpha value is -1.11. The van der Waals surface area contributed by atoms with Gasteiger partial charge >= 0.3 is 0 Å². The Kier molecular flexibility index (Phi) is 4.28. The van der Waals surface area contributed by atoms with Crippen LogP contribution in [0.5, 0.6) is 0 Å². The molecule has 0 saturated carbocycles. The molecule has 1 aromatic carbocycles. The monoisotopic (exact) mass is 218 g/mol. The van der Waals surface area contributed by atoms with Gasteiger partial charge in [-0.15, -0.1) is 0 Å². The maximum atomic E-state index is 10.6. The minimum Gasteiger partial charge on any atom is -0.303 e. The summed E-state index contributed by atoms with van der Waals surface area (Å²) in [5.41, 5.74) is 2.73. The maximum Gasteiger partial charge on any atom is 0.120 e. The fourth-order valence-corrected chi connectivity index (χ4v) is 2.06. The average molecular weight is 218 g/mol. The van der Waals surface area contributed by atoms with E-state index in [-0.39, 0.29) is 5.41 Å². The van der Waals surface area contributed by atoms with E-state index >= 15 is 0 Å². The summed E-state index contributed by atoms with van der Waals surface area (Å²) in [6.45, 7) is 8.81. The predicted molar refractivity (Wildman–Crippen MR) is 68.7 cm³/mol.